The molecule has 0 bridgehead atoms. The van der Waals surface area contributed by atoms with E-state index in [-0.39, 0.29) is 17.8 Å². The van der Waals surface area contributed by atoms with E-state index in [0.717, 1.165) is 0 Å². The summed E-state index contributed by atoms with van der Waals surface area (Å²) in [4.78, 5) is 9.66. The molecule has 0 amide bonds. The van der Waals surface area contributed by atoms with Crippen LogP contribution in [0.25, 0.3) is 0 Å². The maximum atomic E-state index is 13.8. The van der Waals surface area contributed by atoms with Crippen molar-refractivity contribution in [2.24, 2.45) is 5.92 Å². The molecule has 2 atom stereocenters. The third kappa shape index (κ3) is 2.00. The molecule has 5 heteroatoms. The van der Waals surface area contributed by atoms with Gasteiger partial charge in [-0.25, -0.2) is 14.4 Å². The van der Waals surface area contributed by atoms with Crippen LogP contribution in [0.4, 0.5) is 10.2 Å². The SMILES string of the molecule is Cc1ncnc(N2CC[C@H](O)[C@@H](C)C2)c1F. The number of hydrogen-bond acceptors (Lipinski definition) is 4. The monoisotopic (exact) mass is 225 g/mol. The van der Waals surface area contributed by atoms with Crippen molar-refractivity contribution in [3.05, 3.63) is 17.8 Å². The molecular weight excluding hydrogens is 209 g/mol. The zero-order chi connectivity index (χ0) is 11.7. The van der Waals surface area contributed by atoms with E-state index >= 15 is 0 Å². The standard InChI is InChI=1S/C11H16FN3O/c1-7-5-15(4-3-9(7)16)11-10(12)8(2)13-6-14-11/h6-7,9,16H,3-5H2,1-2H3/t7-,9-/m0/s1. The molecule has 0 unspecified atom stereocenters. The van der Waals surface area contributed by atoms with Crippen molar-refractivity contribution in [2.75, 3.05) is 18.0 Å². The molecule has 2 rings (SSSR count). The van der Waals surface area contributed by atoms with Crippen molar-refractivity contribution in [2.45, 2.75) is 26.4 Å². The molecule has 0 saturated carbocycles. The number of nitrogens with zero attached hydrogens (tertiary/aromatic N) is 3. The van der Waals surface area contributed by atoms with E-state index in [4.69, 9.17) is 0 Å². The summed E-state index contributed by atoms with van der Waals surface area (Å²) in [5.41, 5.74) is 0.365. The number of aliphatic hydroxyl groups is 1. The topological polar surface area (TPSA) is 49.2 Å². The molecule has 16 heavy (non-hydrogen) atoms. The molecule has 0 spiro atoms. The highest BCUT2D eigenvalue weighted by Gasteiger charge is 2.26. The van der Waals surface area contributed by atoms with Crippen LogP contribution in [0, 0.1) is 18.7 Å². The normalized spacial score (nSPS) is 25.9. The van der Waals surface area contributed by atoms with Crippen LogP contribution in [-0.4, -0.2) is 34.3 Å². The Balaban J connectivity index is 2.22. The Bertz CT molecular complexity index is 385. The highest BCUT2D eigenvalue weighted by Crippen LogP contribution is 2.24. The first-order valence-corrected chi connectivity index (χ1v) is 5.49. The van der Waals surface area contributed by atoms with E-state index in [9.17, 15) is 9.50 Å². The molecule has 0 aliphatic carbocycles. The van der Waals surface area contributed by atoms with Crippen LogP contribution in [0.1, 0.15) is 19.0 Å². The minimum absolute atomic E-state index is 0.142. The number of aliphatic hydroxyl groups excluding tert-OH is 1. The second-order valence-electron chi connectivity index (χ2n) is 4.38. The van der Waals surface area contributed by atoms with Crippen molar-refractivity contribution in [1.82, 2.24) is 9.97 Å². The van der Waals surface area contributed by atoms with E-state index < -0.39 is 0 Å². The Hall–Kier alpha value is -1.23. The highest BCUT2D eigenvalue weighted by atomic mass is 19.1. The molecule has 88 valence electrons. The molecule has 1 aliphatic heterocycles. The third-order valence-electron chi connectivity index (χ3n) is 3.10. The summed E-state index contributed by atoms with van der Waals surface area (Å²) >= 11 is 0. The van der Waals surface area contributed by atoms with E-state index in [1.54, 1.807) is 6.92 Å². The summed E-state index contributed by atoms with van der Waals surface area (Å²) in [5, 5.41) is 9.61. The van der Waals surface area contributed by atoms with Crippen molar-refractivity contribution in [3.63, 3.8) is 0 Å². The van der Waals surface area contributed by atoms with E-state index in [1.165, 1.54) is 6.33 Å². The largest absolute Gasteiger partial charge is 0.393 e. The lowest BCUT2D eigenvalue weighted by Crippen LogP contribution is -2.42. The lowest BCUT2D eigenvalue weighted by molar-refractivity contribution is 0.0966. The molecule has 1 N–H and O–H groups in total. The lowest BCUT2D eigenvalue weighted by Gasteiger charge is -2.35. The van der Waals surface area contributed by atoms with Gasteiger partial charge in [-0.05, 0) is 19.3 Å². The van der Waals surface area contributed by atoms with Crippen LogP contribution in [0.3, 0.4) is 0 Å². The Labute approximate surface area is 94.1 Å². The average molecular weight is 225 g/mol. The van der Waals surface area contributed by atoms with Crippen LogP contribution >= 0.6 is 0 Å². The smallest absolute Gasteiger partial charge is 0.186 e. The first kappa shape index (κ1) is 11.3. The van der Waals surface area contributed by atoms with Crippen LogP contribution in [0.15, 0.2) is 6.33 Å². The predicted molar refractivity (Wildman–Crippen MR) is 58.7 cm³/mol. The molecule has 1 aromatic heterocycles. The van der Waals surface area contributed by atoms with Crippen LogP contribution in [-0.2, 0) is 0 Å². The Kier molecular flexibility index (Phi) is 3.05. The van der Waals surface area contributed by atoms with Gasteiger partial charge in [-0.3, -0.25) is 0 Å². The number of aryl methyl sites for hydroxylation is 1. The van der Waals surface area contributed by atoms with E-state index in [0.29, 0.717) is 31.0 Å². The number of halogens is 1. The van der Waals surface area contributed by atoms with E-state index in [1.807, 2.05) is 11.8 Å². The second-order valence-corrected chi connectivity index (χ2v) is 4.38. The fraction of sp³-hybridized carbons (Fsp3) is 0.636. The first-order valence-electron chi connectivity index (χ1n) is 5.49. The van der Waals surface area contributed by atoms with Crippen molar-refractivity contribution in [3.8, 4) is 0 Å². The van der Waals surface area contributed by atoms with Gasteiger partial charge in [0.1, 0.15) is 6.33 Å². The summed E-state index contributed by atoms with van der Waals surface area (Å²) in [6.07, 6.45) is 1.75. The van der Waals surface area contributed by atoms with Crippen molar-refractivity contribution in [1.29, 1.82) is 0 Å². The van der Waals surface area contributed by atoms with Crippen molar-refractivity contribution >= 4 is 5.82 Å². The second kappa shape index (κ2) is 4.33. The average Bonchev–Trinajstić information content (AvgIpc) is 2.26. The lowest BCUT2D eigenvalue weighted by atomic mass is 9.97. The summed E-state index contributed by atoms with van der Waals surface area (Å²) < 4.78 is 13.8. The molecular formula is C11H16FN3O. The molecule has 1 fully saturated rings. The van der Waals surface area contributed by atoms with Gasteiger partial charge >= 0.3 is 0 Å². The molecule has 1 aromatic rings. The molecule has 1 aliphatic rings. The summed E-state index contributed by atoms with van der Waals surface area (Å²) in [6, 6.07) is 0. The Morgan fingerprint density at radius 3 is 2.94 bits per heavy atom. The molecule has 4 nitrogen and oxygen atoms in total. The minimum Gasteiger partial charge on any atom is -0.393 e. The molecule has 2 heterocycles. The molecule has 0 aromatic carbocycles. The van der Waals surface area contributed by atoms with Gasteiger partial charge in [0.25, 0.3) is 0 Å². The van der Waals surface area contributed by atoms with Gasteiger partial charge in [0.05, 0.1) is 11.8 Å². The summed E-state index contributed by atoms with van der Waals surface area (Å²) in [6.45, 7) is 4.86. The van der Waals surface area contributed by atoms with Crippen LogP contribution in [0.2, 0.25) is 0 Å². The summed E-state index contributed by atoms with van der Waals surface area (Å²) in [7, 11) is 0. The zero-order valence-electron chi connectivity index (χ0n) is 9.52. The number of aromatic nitrogens is 2. The van der Waals surface area contributed by atoms with Gasteiger partial charge in [-0.2, -0.15) is 0 Å². The molecule has 0 radical (unpaired) electrons. The highest BCUT2D eigenvalue weighted by molar-refractivity contribution is 5.41. The number of hydrogen-bond donors (Lipinski definition) is 1. The fourth-order valence-electron chi connectivity index (χ4n) is 1.99. The van der Waals surface area contributed by atoms with Gasteiger partial charge in [0.2, 0.25) is 0 Å². The number of anilines is 1. The van der Waals surface area contributed by atoms with Crippen molar-refractivity contribution < 1.29 is 9.50 Å². The predicted octanol–water partition coefficient (Wildman–Crippen LogP) is 1.13. The first-order chi connectivity index (χ1) is 7.59. The van der Waals surface area contributed by atoms with Gasteiger partial charge in [0.15, 0.2) is 11.6 Å². The fourth-order valence-corrected chi connectivity index (χ4v) is 1.99. The Morgan fingerprint density at radius 2 is 2.25 bits per heavy atom. The van der Waals surface area contributed by atoms with Gasteiger partial charge < -0.3 is 10.0 Å². The zero-order valence-corrected chi connectivity index (χ0v) is 9.52. The minimum atomic E-state index is -0.355. The maximum absolute atomic E-state index is 13.8. The Morgan fingerprint density at radius 1 is 1.50 bits per heavy atom. The van der Waals surface area contributed by atoms with Crippen LogP contribution in [0.5, 0.6) is 0 Å². The van der Waals surface area contributed by atoms with Gasteiger partial charge in [0, 0.05) is 13.1 Å². The number of piperidine rings is 1. The third-order valence-corrected chi connectivity index (χ3v) is 3.10. The number of rotatable bonds is 1. The summed E-state index contributed by atoms with van der Waals surface area (Å²) in [5.74, 6) is 0.140. The van der Waals surface area contributed by atoms with Gasteiger partial charge in [-0.15, -0.1) is 0 Å². The van der Waals surface area contributed by atoms with E-state index in [2.05, 4.69) is 9.97 Å². The maximum Gasteiger partial charge on any atom is 0.186 e. The quantitative estimate of drug-likeness (QED) is 0.778. The molecule has 1 saturated heterocycles. The van der Waals surface area contributed by atoms with Gasteiger partial charge in [-0.1, -0.05) is 6.92 Å². The van der Waals surface area contributed by atoms with Crippen LogP contribution < -0.4 is 4.90 Å².